The number of fused-ring (bicyclic) bond motifs is 2. The molecule has 0 unspecified atom stereocenters. The highest BCUT2D eigenvalue weighted by Crippen LogP contribution is 2.48. The maximum absolute atomic E-state index is 11.8. The molecule has 26 heavy (non-hydrogen) atoms. The summed E-state index contributed by atoms with van der Waals surface area (Å²) < 4.78 is 5.06. The zero-order valence-electron chi connectivity index (χ0n) is 16.0. The number of carbonyl (C=O) groups excluding carboxylic acids is 1. The largest absolute Gasteiger partial charge is 0.462 e. The first-order valence-electron chi connectivity index (χ1n) is 8.81. The fraction of sp³-hybridized carbons (Fsp3) is 0.556. The first-order valence-corrected chi connectivity index (χ1v) is 9.62. The number of nitrogens with zero attached hydrogens (tertiary/aromatic N) is 4. The van der Waals surface area contributed by atoms with Crippen molar-refractivity contribution < 1.29 is 14.8 Å². The zero-order valence-corrected chi connectivity index (χ0v) is 16.8. The van der Waals surface area contributed by atoms with Crippen LogP contribution in [0.3, 0.4) is 0 Å². The molecule has 0 fully saturated rings. The van der Waals surface area contributed by atoms with E-state index in [1.807, 2.05) is 31.2 Å². The average Bonchev–Trinajstić information content (AvgIpc) is 2.57. The van der Waals surface area contributed by atoms with E-state index in [2.05, 4.69) is 23.8 Å². The number of allylic oxidation sites excluding steroid dienone is 2. The predicted octanol–water partition coefficient (Wildman–Crippen LogP) is 1.88. The van der Waals surface area contributed by atoms with Gasteiger partial charge in [0.25, 0.3) is 0 Å². The van der Waals surface area contributed by atoms with E-state index in [0.717, 1.165) is 45.7 Å². The van der Waals surface area contributed by atoms with Crippen LogP contribution in [0.5, 0.6) is 0 Å². The van der Waals surface area contributed by atoms with Crippen LogP contribution < -0.4 is 10.2 Å². The summed E-state index contributed by atoms with van der Waals surface area (Å²) in [5.74, 6) is 0.635. The Morgan fingerprint density at radius 1 is 1.35 bits per heavy atom. The molecule has 140 valence electrons. The summed E-state index contributed by atoms with van der Waals surface area (Å²) in [6, 6.07) is 0. The smallest absolute Gasteiger partial charge is 0.362 e. The Labute approximate surface area is 158 Å². The van der Waals surface area contributed by atoms with Crippen LogP contribution in [0.2, 0.25) is 0 Å². The van der Waals surface area contributed by atoms with E-state index < -0.39 is 0 Å². The number of hydrogen-bond donors (Lipinski definition) is 1. The van der Waals surface area contributed by atoms with Gasteiger partial charge in [-0.3, -0.25) is 0 Å². The molecule has 1 aromatic rings. The molecule has 2 heterocycles. The lowest BCUT2D eigenvalue weighted by atomic mass is 9.78. The maximum Gasteiger partial charge on any atom is 0.362 e. The minimum absolute atomic E-state index is 0.0921. The number of quaternary nitrogens is 1. The number of rotatable bonds is 5. The minimum atomic E-state index is -0.194. The van der Waals surface area contributed by atoms with Crippen LogP contribution in [0.1, 0.15) is 33.6 Å². The van der Waals surface area contributed by atoms with Gasteiger partial charge in [-0.1, -0.05) is 25.6 Å². The van der Waals surface area contributed by atoms with Crippen molar-refractivity contribution in [2.45, 2.75) is 38.6 Å². The number of nitrogens with two attached hydrogens (primary N) is 1. The minimum Gasteiger partial charge on any atom is -0.462 e. The van der Waals surface area contributed by atoms with Crippen molar-refractivity contribution in [2.24, 2.45) is 10.4 Å². The molecule has 1 aromatic heterocycles. The molecule has 0 spiro atoms. The summed E-state index contributed by atoms with van der Waals surface area (Å²) in [6.45, 7) is 6.99. The second kappa shape index (κ2) is 7.36. The Balaban J connectivity index is 1.97. The fourth-order valence-electron chi connectivity index (χ4n) is 3.27. The van der Waals surface area contributed by atoms with E-state index in [1.54, 1.807) is 18.1 Å². The Morgan fingerprint density at radius 3 is 2.81 bits per heavy atom. The van der Waals surface area contributed by atoms with Gasteiger partial charge in [-0.25, -0.2) is 19.8 Å². The quantitative estimate of drug-likeness (QED) is 0.624. The van der Waals surface area contributed by atoms with Gasteiger partial charge >= 0.3 is 5.97 Å². The molecule has 0 saturated carbocycles. The molecule has 0 radical (unpaired) electrons. The highest BCUT2D eigenvalue weighted by atomic mass is 32.2. The Kier molecular flexibility index (Phi) is 5.34. The van der Waals surface area contributed by atoms with Crippen molar-refractivity contribution in [2.75, 3.05) is 32.1 Å². The van der Waals surface area contributed by atoms with E-state index in [9.17, 15) is 4.79 Å². The number of hydrogen-bond acceptors (Lipinski definition) is 7. The number of carbonyl (C=O) groups is 1. The molecule has 1 aliphatic carbocycles. The average molecular weight is 377 g/mol. The lowest BCUT2D eigenvalue weighted by Crippen LogP contribution is -2.85. The fourth-order valence-corrected chi connectivity index (χ4v) is 4.32. The van der Waals surface area contributed by atoms with Crippen LogP contribution in [0.25, 0.3) is 0 Å². The Bertz CT molecular complexity index is 786. The number of aromatic nitrogens is 2. The lowest BCUT2D eigenvalue weighted by molar-refractivity contribution is -0.600. The van der Waals surface area contributed by atoms with Gasteiger partial charge in [0, 0.05) is 20.5 Å². The van der Waals surface area contributed by atoms with E-state index in [0.29, 0.717) is 6.61 Å². The highest BCUT2D eigenvalue weighted by molar-refractivity contribution is 8.04. The third-order valence-corrected chi connectivity index (χ3v) is 5.52. The molecule has 0 aromatic carbocycles. The third-order valence-electron chi connectivity index (χ3n) is 4.33. The molecule has 0 atom stereocenters. The van der Waals surface area contributed by atoms with Gasteiger partial charge in [0.1, 0.15) is 22.7 Å². The summed E-state index contributed by atoms with van der Waals surface area (Å²) in [7, 11) is 3.92. The number of aliphatic imine (C=N–C) groups is 1. The van der Waals surface area contributed by atoms with Gasteiger partial charge in [-0.15, -0.1) is 0 Å². The molecule has 1 aliphatic heterocycles. The summed E-state index contributed by atoms with van der Waals surface area (Å²) in [4.78, 5) is 28.6. The molecule has 2 aliphatic rings. The predicted molar refractivity (Wildman–Crippen MR) is 103 cm³/mol. The van der Waals surface area contributed by atoms with Crippen LogP contribution in [-0.2, 0) is 9.53 Å². The van der Waals surface area contributed by atoms with E-state index in [-0.39, 0.29) is 17.9 Å². The first kappa shape index (κ1) is 18.8. The van der Waals surface area contributed by atoms with Gasteiger partial charge in [0.05, 0.1) is 17.2 Å². The molecular weight excluding hydrogens is 350 g/mol. The molecular formula is C18H26N5O2S+. The van der Waals surface area contributed by atoms with E-state index >= 15 is 0 Å². The lowest BCUT2D eigenvalue weighted by Gasteiger charge is -2.33. The molecule has 3 rings (SSSR count). The van der Waals surface area contributed by atoms with E-state index in [1.165, 1.54) is 0 Å². The summed E-state index contributed by atoms with van der Waals surface area (Å²) >= 11 is 1.63. The summed E-state index contributed by atoms with van der Waals surface area (Å²) in [5, 5.41) is 2.86. The number of ether oxygens (including phenoxy) is 1. The van der Waals surface area contributed by atoms with Crippen molar-refractivity contribution in [1.82, 2.24) is 9.97 Å². The summed E-state index contributed by atoms with van der Waals surface area (Å²) in [6.07, 6.45) is 3.39. The Morgan fingerprint density at radius 2 is 2.12 bits per heavy atom. The Hall–Kier alpha value is -1.93. The summed E-state index contributed by atoms with van der Waals surface area (Å²) in [5.41, 5.74) is 3.15. The number of esters is 1. The van der Waals surface area contributed by atoms with Crippen LogP contribution in [0.15, 0.2) is 26.9 Å². The number of anilines is 1. The normalized spacial score (nSPS) is 18.0. The van der Waals surface area contributed by atoms with Gasteiger partial charge in [-0.05, 0) is 18.8 Å². The zero-order chi connectivity index (χ0) is 18.9. The molecule has 7 nitrogen and oxygen atoms in total. The van der Waals surface area contributed by atoms with Crippen molar-refractivity contribution >= 4 is 34.9 Å². The van der Waals surface area contributed by atoms with Gasteiger partial charge in [-0.2, -0.15) is 0 Å². The van der Waals surface area contributed by atoms with Crippen molar-refractivity contribution in [1.29, 1.82) is 0 Å². The van der Waals surface area contributed by atoms with Crippen molar-refractivity contribution in [3.63, 3.8) is 0 Å². The van der Waals surface area contributed by atoms with Gasteiger partial charge in [0.2, 0.25) is 0 Å². The van der Waals surface area contributed by atoms with Gasteiger partial charge in [0.15, 0.2) is 12.4 Å². The second-order valence-corrected chi connectivity index (χ2v) is 8.49. The van der Waals surface area contributed by atoms with Crippen molar-refractivity contribution in [3.05, 3.63) is 16.9 Å². The van der Waals surface area contributed by atoms with Crippen molar-refractivity contribution in [3.8, 4) is 0 Å². The molecule has 8 heteroatoms. The van der Waals surface area contributed by atoms with Crippen LogP contribution in [0, 0.1) is 5.41 Å². The molecule has 2 N–H and O–H groups in total. The molecule has 0 amide bonds. The number of thioether (sulfide) groups is 1. The first-order chi connectivity index (χ1) is 12.3. The van der Waals surface area contributed by atoms with E-state index in [4.69, 9.17) is 9.73 Å². The third kappa shape index (κ3) is 3.91. The molecule has 0 saturated heterocycles. The maximum atomic E-state index is 11.8. The van der Waals surface area contributed by atoms with Crippen LogP contribution in [0.4, 0.5) is 11.5 Å². The topological polar surface area (TPSA) is 84.3 Å². The van der Waals surface area contributed by atoms with Gasteiger partial charge < -0.3 is 15.0 Å². The standard InChI is InChI=1S/C18H25N5O2S/c1-6-25-13(24)9-19-11-7-18(2,3)8-12-15(11)26-17-14(22-12)16(23(4)5)20-10-21-17/h10,19H,6-9H2,1-5H3/p+1. The van der Waals surface area contributed by atoms with Crippen LogP contribution >= 0.6 is 11.8 Å². The monoisotopic (exact) mass is 376 g/mol. The second-order valence-electron chi connectivity index (χ2n) is 7.49. The molecule has 0 bridgehead atoms. The highest BCUT2D eigenvalue weighted by Gasteiger charge is 2.37. The SMILES string of the molecule is CCOC(=O)C[NH2+]C1=C2Sc3ncnc(N(C)C)c3N=C2CC(C)(C)C1. The van der Waals surface area contributed by atoms with Crippen LogP contribution in [-0.4, -0.2) is 48.9 Å².